The van der Waals surface area contributed by atoms with Gasteiger partial charge in [-0.1, -0.05) is 18.2 Å². The maximum Gasteiger partial charge on any atom is 0.240 e. The van der Waals surface area contributed by atoms with Gasteiger partial charge in [0.25, 0.3) is 0 Å². The molecule has 7 heteroatoms. The number of carbonyl (C=O) groups is 1. The first-order valence-corrected chi connectivity index (χ1v) is 8.61. The number of benzene rings is 1. The van der Waals surface area contributed by atoms with E-state index >= 15 is 0 Å². The highest BCUT2D eigenvalue weighted by Crippen LogP contribution is 2.07. The van der Waals surface area contributed by atoms with Gasteiger partial charge in [0.2, 0.25) is 15.9 Å². The lowest BCUT2D eigenvalue weighted by Crippen LogP contribution is -2.36. The molecule has 0 saturated heterocycles. The van der Waals surface area contributed by atoms with E-state index in [-0.39, 0.29) is 29.7 Å². The van der Waals surface area contributed by atoms with Crippen LogP contribution in [-0.4, -0.2) is 38.9 Å². The minimum absolute atomic E-state index is 0.0352. The van der Waals surface area contributed by atoms with Crippen molar-refractivity contribution in [3.05, 3.63) is 30.3 Å². The molecule has 120 valence electrons. The van der Waals surface area contributed by atoms with Crippen molar-refractivity contribution in [1.29, 1.82) is 5.26 Å². The molecule has 0 bridgehead atoms. The third-order valence-corrected chi connectivity index (χ3v) is 4.61. The smallest absolute Gasteiger partial charge is 0.240 e. The van der Waals surface area contributed by atoms with Crippen LogP contribution in [0, 0.1) is 17.2 Å². The summed E-state index contributed by atoms with van der Waals surface area (Å²) in [6.07, 6.45) is 0.0675. The molecular formula is C15H21N3O3S. The van der Waals surface area contributed by atoms with Gasteiger partial charge in [0.15, 0.2) is 0 Å². The van der Waals surface area contributed by atoms with E-state index in [4.69, 9.17) is 5.26 Å². The lowest BCUT2D eigenvalue weighted by atomic mass is 10.2. The third-order valence-electron chi connectivity index (χ3n) is 3.13. The van der Waals surface area contributed by atoms with Gasteiger partial charge in [-0.15, -0.1) is 0 Å². The lowest BCUT2D eigenvalue weighted by Gasteiger charge is -2.22. The second-order valence-corrected chi connectivity index (χ2v) is 6.69. The molecule has 0 heterocycles. The van der Waals surface area contributed by atoms with Gasteiger partial charge in [-0.3, -0.25) is 4.79 Å². The van der Waals surface area contributed by atoms with Crippen molar-refractivity contribution in [3.63, 3.8) is 0 Å². The zero-order valence-corrected chi connectivity index (χ0v) is 13.6. The van der Waals surface area contributed by atoms with E-state index in [9.17, 15) is 13.2 Å². The van der Waals surface area contributed by atoms with Crippen molar-refractivity contribution in [2.45, 2.75) is 25.2 Å². The lowest BCUT2D eigenvalue weighted by molar-refractivity contribution is -0.131. The first-order valence-electron chi connectivity index (χ1n) is 7.12. The number of nitriles is 1. The van der Waals surface area contributed by atoms with E-state index in [2.05, 4.69) is 10.8 Å². The van der Waals surface area contributed by atoms with Crippen molar-refractivity contribution in [1.82, 2.24) is 9.62 Å². The topological polar surface area (TPSA) is 90.3 Å². The predicted molar refractivity (Wildman–Crippen MR) is 83.3 cm³/mol. The zero-order valence-electron chi connectivity index (χ0n) is 12.8. The second-order valence-electron chi connectivity index (χ2n) is 4.92. The van der Waals surface area contributed by atoms with Gasteiger partial charge >= 0.3 is 0 Å². The fourth-order valence-corrected chi connectivity index (χ4v) is 2.96. The number of nitrogens with zero attached hydrogens (tertiary/aromatic N) is 2. The first-order chi connectivity index (χ1) is 10.4. The number of sulfonamides is 1. The summed E-state index contributed by atoms with van der Waals surface area (Å²) in [5, 5.41) is 8.79. The van der Waals surface area contributed by atoms with E-state index in [0.717, 1.165) is 0 Å². The van der Waals surface area contributed by atoms with Gasteiger partial charge in [-0.05, 0) is 26.0 Å². The van der Waals surface area contributed by atoms with Gasteiger partial charge in [0.05, 0.1) is 16.9 Å². The van der Waals surface area contributed by atoms with Gasteiger partial charge < -0.3 is 4.90 Å². The Hall–Kier alpha value is -1.91. The molecule has 0 aliphatic heterocycles. The highest BCUT2D eigenvalue weighted by atomic mass is 32.2. The Bertz CT molecular complexity index is 623. The number of nitrogens with one attached hydrogen (secondary N) is 1. The van der Waals surface area contributed by atoms with Crippen LogP contribution in [-0.2, 0) is 14.8 Å². The molecule has 1 aromatic rings. The van der Waals surface area contributed by atoms with E-state index in [1.807, 2.05) is 6.92 Å². The fraction of sp³-hybridized carbons (Fsp3) is 0.467. The monoisotopic (exact) mass is 323 g/mol. The van der Waals surface area contributed by atoms with Crippen LogP contribution in [0.3, 0.4) is 0 Å². The van der Waals surface area contributed by atoms with Gasteiger partial charge in [0, 0.05) is 26.1 Å². The highest BCUT2D eigenvalue weighted by Gasteiger charge is 2.17. The Balaban J connectivity index is 2.53. The molecule has 0 aliphatic carbocycles. The van der Waals surface area contributed by atoms with Crippen LogP contribution in [0.5, 0.6) is 0 Å². The molecule has 1 rings (SSSR count). The van der Waals surface area contributed by atoms with E-state index in [1.54, 1.807) is 30.0 Å². The summed E-state index contributed by atoms with van der Waals surface area (Å²) < 4.78 is 26.4. The number of hydrogen-bond acceptors (Lipinski definition) is 4. The van der Waals surface area contributed by atoms with Crippen LogP contribution in [0.1, 0.15) is 20.3 Å². The van der Waals surface area contributed by atoms with Crippen LogP contribution >= 0.6 is 0 Å². The third kappa shape index (κ3) is 5.47. The molecule has 0 saturated carbocycles. The van der Waals surface area contributed by atoms with Crippen molar-refractivity contribution in [2.75, 3.05) is 19.6 Å². The minimum Gasteiger partial charge on any atom is -0.342 e. The maximum absolute atomic E-state index is 12.0. The van der Waals surface area contributed by atoms with Crippen molar-refractivity contribution >= 4 is 15.9 Å². The van der Waals surface area contributed by atoms with Crippen LogP contribution < -0.4 is 4.72 Å². The summed E-state index contributed by atoms with van der Waals surface area (Å²) in [6.45, 7) is 4.46. The van der Waals surface area contributed by atoms with Crippen LogP contribution in [0.15, 0.2) is 35.2 Å². The van der Waals surface area contributed by atoms with Crippen LogP contribution in [0.2, 0.25) is 0 Å². The summed E-state index contributed by atoms with van der Waals surface area (Å²) in [7, 11) is -3.59. The van der Waals surface area contributed by atoms with Crippen molar-refractivity contribution in [3.8, 4) is 6.07 Å². The molecule has 1 amide bonds. The van der Waals surface area contributed by atoms with Gasteiger partial charge in [0.1, 0.15) is 0 Å². The number of amides is 1. The Labute approximate surface area is 131 Å². The van der Waals surface area contributed by atoms with Crippen molar-refractivity contribution < 1.29 is 13.2 Å². The first kappa shape index (κ1) is 18.1. The maximum atomic E-state index is 12.0. The molecular weight excluding hydrogens is 302 g/mol. The molecule has 1 atom stereocenters. The largest absolute Gasteiger partial charge is 0.342 e. The molecule has 6 nitrogen and oxygen atoms in total. The molecule has 0 spiro atoms. The normalized spacial score (nSPS) is 12.4. The predicted octanol–water partition coefficient (Wildman–Crippen LogP) is 1.36. The molecule has 1 N–H and O–H groups in total. The Kier molecular flexibility index (Phi) is 7.02. The summed E-state index contributed by atoms with van der Waals surface area (Å²) in [6, 6.07) is 10.1. The van der Waals surface area contributed by atoms with Crippen LogP contribution in [0.25, 0.3) is 0 Å². The highest BCUT2D eigenvalue weighted by molar-refractivity contribution is 7.89. The number of rotatable bonds is 8. The summed E-state index contributed by atoms with van der Waals surface area (Å²) >= 11 is 0. The van der Waals surface area contributed by atoms with Gasteiger partial charge in [-0.2, -0.15) is 5.26 Å². The van der Waals surface area contributed by atoms with Crippen molar-refractivity contribution in [2.24, 2.45) is 5.92 Å². The standard InChI is InChI=1S/C15H21N3O3S/c1-3-18(12-13(2)11-16)15(19)9-10-17-22(20,21)14-7-5-4-6-8-14/h4-8,13,17H,3,9-10,12H2,1-2H3/t13-/m0/s1. The summed E-state index contributed by atoms with van der Waals surface area (Å²) in [4.78, 5) is 13.8. The zero-order chi connectivity index (χ0) is 16.6. The minimum atomic E-state index is -3.59. The second kappa shape index (κ2) is 8.51. The summed E-state index contributed by atoms with van der Waals surface area (Å²) in [5.41, 5.74) is 0. The molecule has 0 aliphatic rings. The SMILES string of the molecule is CCN(C[C@@H](C)C#N)C(=O)CCNS(=O)(=O)c1ccccc1. The van der Waals surface area contributed by atoms with E-state index in [1.165, 1.54) is 12.1 Å². The fourth-order valence-electron chi connectivity index (χ4n) is 1.91. The average Bonchev–Trinajstić information content (AvgIpc) is 2.52. The van der Waals surface area contributed by atoms with E-state index in [0.29, 0.717) is 13.1 Å². The van der Waals surface area contributed by atoms with Gasteiger partial charge in [-0.25, -0.2) is 13.1 Å². The molecule has 22 heavy (non-hydrogen) atoms. The van der Waals surface area contributed by atoms with E-state index < -0.39 is 10.0 Å². The number of hydrogen-bond donors (Lipinski definition) is 1. The molecule has 0 aromatic heterocycles. The molecule has 0 radical (unpaired) electrons. The molecule has 0 unspecified atom stereocenters. The Morgan fingerprint density at radius 2 is 2.00 bits per heavy atom. The van der Waals surface area contributed by atoms with Crippen LogP contribution in [0.4, 0.5) is 0 Å². The summed E-state index contributed by atoms with van der Waals surface area (Å²) in [5.74, 6) is -0.412. The molecule has 0 fully saturated rings. The Morgan fingerprint density at radius 3 is 2.55 bits per heavy atom. The molecule has 1 aromatic carbocycles. The Morgan fingerprint density at radius 1 is 1.36 bits per heavy atom. The number of carbonyl (C=O) groups excluding carboxylic acids is 1. The quantitative estimate of drug-likeness (QED) is 0.782. The average molecular weight is 323 g/mol.